The van der Waals surface area contributed by atoms with Crippen LogP contribution >= 0.6 is 0 Å². The number of phenols is 1. The van der Waals surface area contributed by atoms with Gasteiger partial charge in [-0.15, -0.1) is 0 Å². The van der Waals surface area contributed by atoms with Crippen LogP contribution < -0.4 is 5.32 Å². The van der Waals surface area contributed by atoms with Crippen molar-refractivity contribution in [1.82, 2.24) is 4.90 Å². The van der Waals surface area contributed by atoms with Crippen molar-refractivity contribution in [3.05, 3.63) is 65.7 Å². The molecule has 6 nitrogen and oxygen atoms in total. The number of amides is 2. The van der Waals surface area contributed by atoms with Gasteiger partial charge in [-0.3, -0.25) is 0 Å². The predicted molar refractivity (Wildman–Crippen MR) is 101 cm³/mol. The summed E-state index contributed by atoms with van der Waals surface area (Å²) in [4.78, 5) is 25.1. The minimum Gasteiger partial charge on any atom is -0.508 e. The fourth-order valence-corrected chi connectivity index (χ4v) is 2.20. The fourth-order valence-electron chi connectivity index (χ4n) is 2.20. The van der Waals surface area contributed by atoms with Gasteiger partial charge in [0.2, 0.25) is 0 Å². The number of carbonyl (C=O) groups is 2. The molecule has 0 spiro atoms. The first-order valence-electron chi connectivity index (χ1n) is 8.23. The molecule has 136 valence electrons. The molecule has 0 radical (unpaired) electrons. The van der Waals surface area contributed by atoms with E-state index in [0.717, 1.165) is 11.1 Å². The van der Waals surface area contributed by atoms with Crippen LogP contribution in [-0.4, -0.2) is 35.7 Å². The summed E-state index contributed by atoms with van der Waals surface area (Å²) in [5, 5.41) is 12.1. The molecule has 2 rings (SSSR count). The highest BCUT2D eigenvalue weighted by Crippen LogP contribution is 2.14. The van der Waals surface area contributed by atoms with E-state index < -0.39 is 0 Å². The summed E-state index contributed by atoms with van der Waals surface area (Å²) in [6.45, 7) is 2.51. The van der Waals surface area contributed by atoms with E-state index in [2.05, 4.69) is 5.32 Å². The van der Waals surface area contributed by atoms with Gasteiger partial charge < -0.3 is 20.1 Å². The van der Waals surface area contributed by atoms with Gasteiger partial charge in [-0.2, -0.15) is 0 Å². The molecular formula is C20H22N2O4. The highest BCUT2D eigenvalue weighted by atomic mass is 16.5. The third-order valence-electron chi connectivity index (χ3n) is 3.56. The molecule has 0 aliphatic carbocycles. The molecule has 2 aromatic rings. The molecule has 26 heavy (non-hydrogen) atoms. The Morgan fingerprint density at radius 1 is 1.12 bits per heavy atom. The number of nitrogens with one attached hydrogen (secondary N) is 1. The number of anilines is 1. The number of benzene rings is 2. The molecular weight excluding hydrogens is 332 g/mol. The molecule has 0 fully saturated rings. The Kier molecular flexibility index (Phi) is 6.79. The van der Waals surface area contributed by atoms with Gasteiger partial charge in [-0.1, -0.05) is 24.3 Å². The maximum absolute atomic E-state index is 12.2. The number of phenolic OH excluding ortho intramolecular Hbond substituents is 1. The second-order valence-electron chi connectivity index (χ2n) is 5.66. The van der Waals surface area contributed by atoms with Crippen molar-refractivity contribution in [2.45, 2.75) is 13.5 Å². The van der Waals surface area contributed by atoms with E-state index in [4.69, 9.17) is 4.74 Å². The molecule has 2 N–H and O–H groups in total. The second kappa shape index (κ2) is 9.27. The van der Waals surface area contributed by atoms with E-state index in [-0.39, 0.29) is 17.7 Å². The zero-order chi connectivity index (χ0) is 18.9. The van der Waals surface area contributed by atoms with Gasteiger partial charge in [0.15, 0.2) is 0 Å². The Bertz CT molecular complexity index is 767. The van der Waals surface area contributed by atoms with E-state index >= 15 is 0 Å². The van der Waals surface area contributed by atoms with Crippen molar-refractivity contribution < 1.29 is 19.4 Å². The number of hydrogen-bond donors (Lipinski definition) is 2. The molecule has 0 atom stereocenters. The minimum atomic E-state index is -0.388. The largest absolute Gasteiger partial charge is 0.508 e. The smallest absolute Gasteiger partial charge is 0.330 e. The first-order chi connectivity index (χ1) is 12.5. The summed E-state index contributed by atoms with van der Waals surface area (Å²) in [6, 6.07) is 13.6. The van der Waals surface area contributed by atoms with Crippen LogP contribution in [0.25, 0.3) is 6.08 Å². The van der Waals surface area contributed by atoms with Gasteiger partial charge in [0, 0.05) is 25.4 Å². The van der Waals surface area contributed by atoms with Crippen LogP contribution in [0.1, 0.15) is 18.1 Å². The highest BCUT2D eigenvalue weighted by Gasteiger charge is 2.09. The first kappa shape index (κ1) is 19.1. The average molecular weight is 354 g/mol. The predicted octanol–water partition coefficient (Wildman–Crippen LogP) is 3.63. The number of rotatable bonds is 6. The molecule has 0 heterocycles. The Labute approximate surface area is 152 Å². The lowest BCUT2D eigenvalue weighted by molar-refractivity contribution is -0.137. The van der Waals surface area contributed by atoms with Crippen LogP contribution in [0, 0.1) is 0 Å². The maximum atomic E-state index is 12.2. The molecule has 2 aromatic carbocycles. The summed E-state index contributed by atoms with van der Waals surface area (Å²) in [7, 11) is 1.69. The molecule has 0 aliphatic rings. The Hall–Kier alpha value is -3.28. The van der Waals surface area contributed by atoms with Crippen LogP contribution in [0.5, 0.6) is 5.75 Å². The molecule has 0 unspecified atom stereocenters. The van der Waals surface area contributed by atoms with Gasteiger partial charge in [-0.05, 0) is 48.4 Å². The summed E-state index contributed by atoms with van der Waals surface area (Å²) in [5.74, 6) is -0.196. The third kappa shape index (κ3) is 5.98. The van der Waals surface area contributed by atoms with Crippen molar-refractivity contribution in [1.29, 1.82) is 0 Å². The topological polar surface area (TPSA) is 78.9 Å². The monoisotopic (exact) mass is 354 g/mol. The van der Waals surface area contributed by atoms with Gasteiger partial charge in [0.1, 0.15) is 5.75 Å². The number of ether oxygens (including phenoxy) is 1. The number of urea groups is 1. The average Bonchev–Trinajstić information content (AvgIpc) is 2.63. The van der Waals surface area contributed by atoms with Crippen LogP contribution in [0.3, 0.4) is 0 Å². The highest BCUT2D eigenvalue weighted by molar-refractivity contribution is 5.90. The van der Waals surface area contributed by atoms with Gasteiger partial charge in [0.25, 0.3) is 0 Å². The minimum absolute atomic E-state index is 0.193. The third-order valence-corrected chi connectivity index (χ3v) is 3.56. The fraction of sp³-hybridized carbons (Fsp3) is 0.200. The van der Waals surface area contributed by atoms with Crippen molar-refractivity contribution >= 4 is 23.8 Å². The lowest BCUT2D eigenvalue weighted by Crippen LogP contribution is -2.30. The zero-order valence-corrected chi connectivity index (χ0v) is 14.8. The van der Waals surface area contributed by atoms with Crippen molar-refractivity contribution in [2.24, 2.45) is 0 Å². The van der Waals surface area contributed by atoms with E-state index in [1.54, 1.807) is 73.5 Å². The Morgan fingerprint density at radius 2 is 1.77 bits per heavy atom. The van der Waals surface area contributed by atoms with E-state index in [1.165, 1.54) is 6.08 Å². The van der Waals surface area contributed by atoms with Crippen LogP contribution in [0.2, 0.25) is 0 Å². The number of esters is 1. The molecule has 2 amide bonds. The van der Waals surface area contributed by atoms with E-state index in [9.17, 15) is 14.7 Å². The summed E-state index contributed by atoms with van der Waals surface area (Å²) >= 11 is 0. The van der Waals surface area contributed by atoms with E-state index in [0.29, 0.717) is 18.8 Å². The van der Waals surface area contributed by atoms with Crippen LogP contribution in [-0.2, 0) is 16.1 Å². The SMILES string of the molecule is CCOC(=O)/C=C\c1ccc(NC(=O)N(C)Cc2ccc(O)cc2)cc1. The van der Waals surface area contributed by atoms with Crippen molar-refractivity contribution in [3.63, 3.8) is 0 Å². The van der Waals surface area contributed by atoms with Gasteiger partial charge in [0.05, 0.1) is 6.61 Å². The Morgan fingerprint density at radius 3 is 2.38 bits per heavy atom. The standard InChI is InChI=1S/C20H22N2O4/c1-3-26-19(24)13-8-15-4-9-17(10-5-15)21-20(25)22(2)14-16-6-11-18(23)12-7-16/h4-13,23H,3,14H2,1-2H3,(H,21,25)/b13-8-. The second-order valence-corrected chi connectivity index (χ2v) is 5.66. The summed E-state index contributed by atoms with van der Waals surface area (Å²) in [5.41, 5.74) is 2.40. The summed E-state index contributed by atoms with van der Waals surface area (Å²) in [6.07, 6.45) is 3.02. The van der Waals surface area contributed by atoms with Gasteiger partial charge in [-0.25, -0.2) is 9.59 Å². The lowest BCUT2D eigenvalue weighted by atomic mass is 10.2. The molecule has 0 aliphatic heterocycles. The molecule has 0 aromatic heterocycles. The first-order valence-corrected chi connectivity index (χ1v) is 8.23. The van der Waals surface area contributed by atoms with E-state index in [1.807, 2.05) is 0 Å². The number of hydrogen-bond acceptors (Lipinski definition) is 4. The normalized spacial score (nSPS) is 10.5. The quantitative estimate of drug-likeness (QED) is 0.613. The number of carbonyl (C=O) groups excluding carboxylic acids is 2. The van der Waals surface area contributed by atoms with Crippen LogP contribution in [0.15, 0.2) is 54.6 Å². The maximum Gasteiger partial charge on any atom is 0.330 e. The van der Waals surface area contributed by atoms with Gasteiger partial charge >= 0.3 is 12.0 Å². The molecule has 6 heteroatoms. The number of aromatic hydroxyl groups is 1. The zero-order valence-electron chi connectivity index (χ0n) is 14.8. The Balaban J connectivity index is 1.90. The molecule has 0 bridgehead atoms. The molecule has 0 saturated heterocycles. The summed E-state index contributed by atoms with van der Waals surface area (Å²) < 4.78 is 4.82. The number of nitrogens with zero attached hydrogens (tertiary/aromatic N) is 1. The van der Waals surface area contributed by atoms with Crippen molar-refractivity contribution in [2.75, 3.05) is 19.0 Å². The lowest BCUT2D eigenvalue weighted by Gasteiger charge is -2.18. The van der Waals surface area contributed by atoms with Crippen LogP contribution in [0.4, 0.5) is 10.5 Å². The van der Waals surface area contributed by atoms with Crippen molar-refractivity contribution in [3.8, 4) is 5.75 Å². The molecule has 0 saturated carbocycles.